The summed E-state index contributed by atoms with van der Waals surface area (Å²) in [6.07, 6.45) is -0.0644. The Kier molecular flexibility index (Phi) is 3.90. The quantitative estimate of drug-likeness (QED) is 0.677. The molecular formula is C16H13ClFN3O. The average Bonchev–Trinajstić information content (AvgIpc) is 2.47. The third-order valence-corrected chi connectivity index (χ3v) is 3.14. The number of halogens is 2. The highest BCUT2D eigenvalue weighted by Crippen LogP contribution is 2.27. The van der Waals surface area contributed by atoms with Crippen LogP contribution in [-0.2, 0) is 0 Å². The third-order valence-electron chi connectivity index (χ3n) is 2.97. The van der Waals surface area contributed by atoms with Gasteiger partial charge in [-0.05, 0) is 61.8 Å². The molecule has 0 bridgehead atoms. The van der Waals surface area contributed by atoms with Crippen molar-refractivity contribution in [1.82, 2.24) is 15.0 Å². The molecule has 0 radical (unpaired) electrons. The normalized spacial score (nSPS) is 11.1. The number of ether oxygens (including phenoxy) is 1. The van der Waals surface area contributed by atoms with Crippen molar-refractivity contribution in [2.24, 2.45) is 0 Å². The van der Waals surface area contributed by atoms with Crippen molar-refractivity contribution in [1.29, 1.82) is 0 Å². The van der Waals surface area contributed by atoms with Gasteiger partial charge in [0.05, 0.1) is 17.3 Å². The van der Waals surface area contributed by atoms with E-state index in [-0.39, 0.29) is 17.2 Å². The molecule has 0 aliphatic heterocycles. The highest BCUT2D eigenvalue weighted by Gasteiger charge is 2.12. The minimum absolute atomic E-state index is 0.0644. The van der Waals surface area contributed by atoms with Crippen LogP contribution in [0.15, 0.2) is 36.4 Å². The van der Waals surface area contributed by atoms with Crippen LogP contribution < -0.4 is 4.74 Å². The number of benzene rings is 1. The van der Waals surface area contributed by atoms with Gasteiger partial charge in [-0.2, -0.15) is 4.98 Å². The molecule has 0 aliphatic rings. The molecule has 112 valence electrons. The first-order valence-corrected chi connectivity index (χ1v) is 7.17. The summed E-state index contributed by atoms with van der Waals surface area (Å²) in [5, 5.41) is 0.111. The maximum Gasteiger partial charge on any atom is 0.245 e. The lowest BCUT2D eigenvalue weighted by Gasteiger charge is -2.11. The molecule has 2 heterocycles. The second-order valence-corrected chi connectivity index (χ2v) is 5.37. The van der Waals surface area contributed by atoms with E-state index in [0.29, 0.717) is 22.6 Å². The number of pyridine rings is 1. The zero-order valence-corrected chi connectivity index (χ0v) is 12.8. The summed E-state index contributed by atoms with van der Waals surface area (Å²) in [5.41, 5.74) is 2.61. The van der Waals surface area contributed by atoms with Crippen molar-refractivity contribution in [2.45, 2.75) is 20.0 Å². The molecule has 0 saturated heterocycles. The van der Waals surface area contributed by atoms with Crippen molar-refractivity contribution in [3.8, 4) is 17.1 Å². The Labute approximate surface area is 132 Å². The first kappa shape index (κ1) is 14.7. The molecule has 0 N–H and O–H groups in total. The number of hydrogen-bond donors (Lipinski definition) is 0. The first-order chi connectivity index (χ1) is 10.5. The topological polar surface area (TPSA) is 47.9 Å². The van der Waals surface area contributed by atoms with E-state index >= 15 is 0 Å². The molecule has 22 heavy (non-hydrogen) atoms. The molecule has 6 heteroatoms. The summed E-state index contributed by atoms with van der Waals surface area (Å²) in [5.74, 6) is 0.0532. The lowest BCUT2D eigenvalue weighted by Crippen LogP contribution is -2.08. The van der Waals surface area contributed by atoms with Gasteiger partial charge in [-0.1, -0.05) is 0 Å². The van der Waals surface area contributed by atoms with Crippen LogP contribution in [0.1, 0.15) is 13.8 Å². The van der Waals surface area contributed by atoms with Crippen LogP contribution >= 0.6 is 11.6 Å². The number of fused-ring (bicyclic) bond motifs is 1. The fourth-order valence-corrected chi connectivity index (χ4v) is 2.22. The summed E-state index contributed by atoms with van der Waals surface area (Å²) >= 11 is 5.91. The number of rotatable bonds is 3. The summed E-state index contributed by atoms with van der Waals surface area (Å²) in [4.78, 5) is 12.8. The monoisotopic (exact) mass is 317 g/mol. The fourth-order valence-electron chi connectivity index (χ4n) is 2.05. The Bertz CT molecular complexity index is 821. The van der Waals surface area contributed by atoms with Gasteiger partial charge in [0.15, 0.2) is 5.52 Å². The SMILES string of the molecule is CC(C)Oc1nc(Cl)nc2ccc(-c3ccc(F)cc3)nc12. The zero-order chi connectivity index (χ0) is 15.7. The van der Waals surface area contributed by atoms with E-state index < -0.39 is 0 Å². The third kappa shape index (κ3) is 2.99. The zero-order valence-electron chi connectivity index (χ0n) is 12.0. The van der Waals surface area contributed by atoms with Gasteiger partial charge in [0.2, 0.25) is 11.2 Å². The summed E-state index contributed by atoms with van der Waals surface area (Å²) in [6, 6.07) is 9.72. The van der Waals surface area contributed by atoms with E-state index in [4.69, 9.17) is 16.3 Å². The van der Waals surface area contributed by atoms with Crippen LogP contribution in [0, 0.1) is 5.82 Å². The molecule has 3 aromatic rings. The second-order valence-electron chi connectivity index (χ2n) is 5.04. The van der Waals surface area contributed by atoms with E-state index in [2.05, 4.69) is 15.0 Å². The molecule has 0 atom stereocenters. The van der Waals surface area contributed by atoms with Crippen LogP contribution in [0.4, 0.5) is 4.39 Å². The minimum Gasteiger partial charge on any atom is -0.473 e. The van der Waals surface area contributed by atoms with Gasteiger partial charge in [-0.3, -0.25) is 0 Å². The molecule has 0 fully saturated rings. The van der Waals surface area contributed by atoms with Crippen LogP contribution in [0.3, 0.4) is 0 Å². The summed E-state index contributed by atoms with van der Waals surface area (Å²) in [6.45, 7) is 3.79. The van der Waals surface area contributed by atoms with Gasteiger partial charge >= 0.3 is 0 Å². The molecule has 0 amide bonds. The van der Waals surface area contributed by atoms with Gasteiger partial charge < -0.3 is 4.74 Å². The van der Waals surface area contributed by atoms with Crippen molar-refractivity contribution in [3.05, 3.63) is 47.5 Å². The Morgan fingerprint density at radius 1 is 1.00 bits per heavy atom. The van der Waals surface area contributed by atoms with Crippen LogP contribution in [0.5, 0.6) is 5.88 Å². The number of hydrogen-bond acceptors (Lipinski definition) is 4. The van der Waals surface area contributed by atoms with Crippen LogP contribution in [0.2, 0.25) is 5.28 Å². The Hall–Kier alpha value is -2.27. The molecule has 1 aromatic carbocycles. The van der Waals surface area contributed by atoms with Gasteiger partial charge in [0.25, 0.3) is 0 Å². The van der Waals surface area contributed by atoms with Crippen LogP contribution in [-0.4, -0.2) is 21.1 Å². The molecule has 0 spiro atoms. The van der Waals surface area contributed by atoms with E-state index in [9.17, 15) is 4.39 Å². The van der Waals surface area contributed by atoms with E-state index in [0.717, 1.165) is 5.56 Å². The lowest BCUT2D eigenvalue weighted by atomic mass is 10.1. The number of aromatic nitrogens is 3. The van der Waals surface area contributed by atoms with Crippen molar-refractivity contribution in [3.63, 3.8) is 0 Å². The molecule has 0 aliphatic carbocycles. The van der Waals surface area contributed by atoms with Crippen molar-refractivity contribution < 1.29 is 9.13 Å². The predicted molar refractivity (Wildman–Crippen MR) is 83.5 cm³/mol. The average molecular weight is 318 g/mol. The second kappa shape index (κ2) is 5.85. The van der Waals surface area contributed by atoms with Crippen molar-refractivity contribution in [2.75, 3.05) is 0 Å². The van der Waals surface area contributed by atoms with Crippen molar-refractivity contribution >= 4 is 22.6 Å². The maximum absolute atomic E-state index is 13.0. The Balaban J connectivity index is 2.15. The van der Waals surface area contributed by atoms with Gasteiger partial charge in [-0.25, -0.2) is 14.4 Å². The fraction of sp³-hybridized carbons (Fsp3) is 0.188. The highest BCUT2D eigenvalue weighted by molar-refractivity contribution is 6.28. The molecular weight excluding hydrogens is 305 g/mol. The highest BCUT2D eigenvalue weighted by atomic mass is 35.5. The molecule has 0 unspecified atom stereocenters. The lowest BCUT2D eigenvalue weighted by molar-refractivity contribution is 0.235. The van der Waals surface area contributed by atoms with Gasteiger partial charge in [0.1, 0.15) is 5.82 Å². The molecule has 2 aromatic heterocycles. The first-order valence-electron chi connectivity index (χ1n) is 6.80. The van der Waals surface area contributed by atoms with Crippen LogP contribution in [0.25, 0.3) is 22.3 Å². The standard InChI is InChI=1S/C16H13ClFN3O/c1-9(2)22-15-14-13(20-16(17)21-15)8-7-12(19-14)10-3-5-11(18)6-4-10/h3-9H,1-2H3. The molecule has 4 nitrogen and oxygen atoms in total. The molecule has 3 rings (SSSR count). The summed E-state index contributed by atoms with van der Waals surface area (Å²) < 4.78 is 18.7. The van der Waals surface area contributed by atoms with Gasteiger partial charge in [0, 0.05) is 5.56 Å². The van der Waals surface area contributed by atoms with E-state index in [1.54, 1.807) is 24.3 Å². The maximum atomic E-state index is 13.0. The van der Waals surface area contributed by atoms with E-state index in [1.165, 1.54) is 12.1 Å². The summed E-state index contributed by atoms with van der Waals surface area (Å²) in [7, 11) is 0. The van der Waals surface area contributed by atoms with Gasteiger partial charge in [-0.15, -0.1) is 0 Å². The Morgan fingerprint density at radius 2 is 1.73 bits per heavy atom. The Morgan fingerprint density at radius 3 is 2.41 bits per heavy atom. The predicted octanol–water partition coefficient (Wildman–Crippen LogP) is 4.27. The number of nitrogens with zero attached hydrogens (tertiary/aromatic N) is 3. The smallest absolute Gasteiger partial charge is 0.245 e. The minimum atomic E-state index is -0.288. The largest absolute Gasteiger partial charge is 0.473 e. The molecule has 0 saturated carbocycles. The van der Waals surface area contributed by atoms with E-state index in [1.807, 2.05) is 13.8 Å².